The Balaban J connectivity index is 1.47. The number of benzene rings is 2. The van der Waals surface area contributed by atoms with Crippen LogP contribution in [0.1, 0.15) is 23.7 Å². The van der Waals surface area contributed by atoms with Gasteiger partial charge in [0.2, 0.25) is 0 Å². The van der Waals surface area contributed by atoms with E-state index in [1.807, 2.05) is 30.3 Å². The summed E-state index contributed by atoms with van der Waals surface area (Å²) in [5.41, 5.74) is 2.76. The quantitative estimate of drug-likeness (QED) is 0.763. The van der Waals surface area contributed by atoms with Gasteiger partial charge >= 0.3 is 6.09 Å². The minimum absolute atomic E-state index is 0.0496. The number of carbonyl (C=O) groups excluding carboxylic acids is 1. The molecule has 1 amide bonds. The van der Waals surface area contributed by atoms with Crippen molar-refractivity contribution in [2.75, 3.05) is 31.1 Å². The molecule has 3 atom stereocenters. The van der Waals surface area contributed by atoms with Crippen molar-refractivity contribution in [1.82, 2.24) is 4.90 Å². The van der Waals surface area contributed by atoms with E-state index < -0.39 is 0 Å². The van der Waals surface area contributed by atoms with Gasteiger partial charge in [-0.1, -0.05) is 29.3 Å². The minimum Gasteiger partial charge on any atom is -0.484 e. The van der Waals surface area contributed by atoms with E-state index in [4.69, 9.17) is 32.7 Å². The van der Waals surface area contributed by atoms with Crippen LogP contribution in [-0.2, 0) is 11.2 Å². The molecule has 2 fully saturated rings. The van der Waals surface area contributed by atoms with Crippen LogP contribution in [0.3, 0.4) is 0 Å². The second kappa shape index (κ2) is 7.93. The number of aliphatic hydroxyl groups excluding tert-OH is 1. The first-order chi connectivity index (χ1) is 14.5. The first-order valence-corrected chi connectivity index (χ1v) is 10.9. The minimum atomic E-state index is -0.346. The molecular formula is C22H22Cl2N2O4. The Labute approximate surface area is 184 Å². The number of cyclic esters (lactones) is 1. The highest BCUT2D eigenvalue weighted by Gasteiger charge is 2.41. The topological polar surface area (TPSA) is 62.2 Å². The maximum absolute atomic E-state index is 11.9. The zero-order valence-electron chi connectivity index (χ0n) is 16.3. The first kappa shape index (κ1) is 19.9. The van der Waals surface area contributed by atoms with Crippen molar-refractivity contribution in [1.29, 1.82) is 0 Å². The van der Waals surface area contributed by atoms with Gasteiger partial charge in [-0.3, -0.25) is 9.80 Å². The van der Waals surface area contributed by atoms with E-state index in [-0.39, 0.29) is 24.3 Å². The number of rotatable bonds is 4. The van der Waals surface area contributed by atoms with E-state index in [0.29, 0.717) is 35.5 Å². The third kappa shape index (κ3) is 3.62. The van der Waals surface area contributed by atoms with Crippen molar-refractivity contribution < 1.29 is 19.4 Å². The van der Waals surface area contributed by atoms with Gasteiger partial charge in [-0.05, 0) is 42.7 Å². The number of ether oxygens (including phenoxy) is 2. The van der Waals surface area contributed by atoms with Gasteiger partial charge in [0, 0.05) is 34.8 Å². The standard InChI is InChI=1S/C22H22Cl2N2O4/c23-13-8-18-17(19(24)9-13)11-20(25-5-4-15(27)12-25)21(18)30-16-3-1-2-14(10-16)26-6-7-29-22(26)28/h1-3,8-10,15,20-21,27H,4-7,11-12H2/t15-,20+,21+/m1/s1. The van der Waals surface area contributed by atoms with Crippen molar-refractivity contribution >= 4 is 35.0 Å². The van der Waals surface area contributed by atoms with Gasteiger partial charge in [0.1, 0.15) is 18.5 Å². The summed E-state index contributed by atoms with van der Waals surface area (Å²) >= 11 is 12.8. The first-order valence-electron chi connectivity index (χ1n) is 10.1. The van der Waals surface area contributed by atoms with E-state index in [1.165, 1.54) is 0 Å². The monoisotopic (exact) mass is 448 g/mol. The third-order valence-electron chi connectivity index (χ3n) is 6.08. The number of hydrogen-bond donors (Lipinski definition) is 1. The smallest absolute Gasteiger partial charge is 0.414 e. The lowest BCUT2D eigenvalue weighted by Gasteiger charge is -2.30. The zero-order valence-corrected chi connectivity index (χ0v) is 17.8. The van der Waals surface area contributed by atoms with Crippen LogP contribution >= 0.6 is 23.2 Å². The number of nitrogens with zero attached hydrogens (tertiary/aromatic N) is 2. The average molecular weight is 449 g/mol. The van der Waals surface area contributed by atoms with Crippen molar-refractivity contribution in [3.63, 3.8) is 0 Å². The van der Waals surface area contributed by atoms with E-state index in [9.17, 15) is 9.90 Å². The molecule has 0 unspecified atom stereocenters. The number of fused-ring (bicyclic) bond motifs is 1. The van der Waals surface area contributed by atoms with Gasteiger partial charge in [-0.2, -0.15) is 0 Å². The van der Waals surface area contributed by atoms with E-state index in [2.05, 4.69) is 4.90 Å². The van der Waals surface area contributed by atoms with Crippen LogP contribution in [0.15, 0.2) is 36.4 Å². The van der Waals surface area contributed by atoms with Crippen LogP contribution in [0, 0.1) is 0 Å². The molecule has 3 aliphatic rings. The molecule has 2 aromatic carbocycles. The molecule has 2 aliphatic heterocycles. The highest BCUT2D eigenvalue weighted by molar-refractivity contribution is 6.35. The normalized spacial score (nSPS) is 26.2. The Morgan fingerprint density at radius 2 is 2.03 bits per heavy atom. The molecule has 0 saturated carbocycles. The maximum atomic E-state index is 11.9. The molecule has 2 aromatic rings. The third-order valence-corrected chi connectivity index (χ3v) is 6.64. The Hall–Kier alpha value is -1.99. The number of carbonyl (C=O) groups is 1. The lowest BCUT2D eigenvalue weighted by atomic mass is 10.1. The van der Waals surface area contributed by atoms with E-state index in [1.54, 1.807) is 11.0 Å². The summed E-state index contributed by atoms with van der Waals surface area (Å²) in [5, 5.41) is 11.3. The number of likely N-dealkylation sites (tertiary alicyclic amines) is 1. The average Bonchev–Trinajstić information content (AvgIpc) is 3.42. The van der Waals surface area contributed by atoms with Gasteiger partial charge in [-0.25, -0.2) is 4.79 Å². The molecule has 0 aromatic heterocycles. The molecule has 2 heterocycles. The molecule has 0 spiro atoms. The van der Waals surface area contributed by atoms with Gasteiger partial charge in [0.05, 0.1) is 24.4 Å². The maximum Gasteiger partial charge on any atom is 0.414 e. The highest BCUT2D eigenvalue weighted by Crippen LogP contribution is 2.43. The van der Waals surface area contributed by atoms with Crippen LogP contribution in [0.2, 0.25) is 10.0 Å². The number of amides is 1. The lowest BCUT2D eigenvalue weighted by Crippen LogP contribution is -2.39. The van der Waals surface area contributed by atoms with Gasteiger partial charge in [-0.15, -0.1) is 0 Å². The summed E-state index contributed by atoms with van der Waals surface area (Å²) in [6.45, 7) is 2.33. The summed E-state index contributed by atoms with van der Waals surface area (Å²) in [4.78, 5) is 15.8. The van der Waals surface area contributed by atoms with E-state index >= 15 is 0 Å². The molecule has 1 N–H and O–H groups in total. The number of anilines is 1. The summed E-state index contributed by atoms with van der Waals surface area (Å²) in [6.07, 6.45) is 0.544. The van der Waals surface area contributed by atoms with Crippen LogP contribution in [-0.4, -0.2) is 54.5 Å². The fourth-order valence-electron chi connectivity index (χ4n) is 4.65. The number of hydrogen-bond acceptors (Lipinski definition) is 5. The highest BCUT2D eigenvalue weighted by atomic mass is 35.5. The SMILES string of the molecule is O=C1OCCN1c1cccc(O[C@H]2c3cc(Cl)cc(Cl)c3C[C@@H]2N2CC[C@@H](O)C2)c1. The summed E-state index contributed by atoms with van der Waals surface area (Å²) in [6, 6.07) is 11.2. The van der Waals surface area contributed by atoms with Gasteiger partial charge in [0.25, 0.3) is 0 Å². The van der Waals surface area contributed by atoms with Crippen molar-refractivity contribution in [3.05, 3.63) is 57.6 Å². The van der Waals surface area contributed by atoms with Crippen molar-refractivity contribution in [2.45, 2.75) is 31.1 Å². The Morgan fingerprint density at radius 3 is 2.77 bits per heavy atom. The van der Waals surface area contributed by atoms with Crippen LogP contribution < -0.4 is 9.64 Å². The molecule has 1 aliphatic carbocycles. The van der Waals surface area contributed by atoms with Crippen LogP contribution in [0.4, 0.5) is 10.5 Å². The largest absolute Gasteiger partial charge is 0.484 e. The van der Waals surface area contributed by atoms with Gasteiger partial charge < -0.3 is 14.6 Å². The second-order valence-electron chi connectivity index (χ2n) is 7.97. The molecule has 0 radical (unpaired) electrons. The summed E-state index contributed by atoms with van der Waals surface area (Å²) in [7, 11) is 0. The lowest BCUT2D eigenvalue weighted by molar-refractivity contribution is 0.0819. The predicted molar refractivity (Wildman–Crippen MR) is 115 cm³/mol. The number of halogens is 2. The molecule has 6 nitrogen and oxygen atoms in total. The van der Waals surface area contributed by atoms with E-state index in [0.717, 1.165) is 36.2 Å². The number of aliphatic hydroxyl groups is 1. The zero-order chi connectivity index (χ0) is 20.8. The second-order valence-corrected chi connectivity index (χ2v) is 8.81. The summed E-state index contributed by atoms with van der Waals surface area (Å²) in [5.74, 6) is 0.658. The molecule has 2 saturated heterocycles. The summed E-state index contributed by atoms with van der Waals surface area (Å²) < 4.78 is 11.5. The van der Waals surface area contributed by atoms with Crippen molar-refractivity contribution in [2.24, 2.45) is 0 Å². The fraction of sp³-hybridized carbons (Fsp3) is 0.409. The van der Waals surface area contributed by atoms with Gasteiger partial charge in [0.15, 0.2) is 0 Å². The predicted octanol–water partition coefficient (Wildman–Crippen LogP) is 4.06. The molecular weight excluding hydrogens is 427 g/mol. The Kier molecular flexibility index (Phi) is 5.27. The molecule has 8 heteroatoms. The van der Waals surface area contributed by atoms with Crippen LogP contribution in [0.25, 0.3) is 0 Å². The molecule has 30 heavy (non-hydrogen) atoms. The molecule has 5 rings (SSSR count). The molecule has 158 valence electrons. The van der Waals surface area contributed by atoms with Crippen molar-refractivity contribution in [3.8, 4) is 5.75 Å². The molecule has 0 bridgehead atoms. The fourth-order valence-corrected chi connectivity index (χ4v) is 5.23. The number of β-amino-alcohol motifs (C(OH)–C–C–N with tert-alkyl or cyclic N) is 1. The van der Waals surface area contributed by atoms with Crippen LogP contribution in [0.5, 0.6) is 5.75 Å². The Bertz CT molecular complexity index is 986. The Morgan fingerprint density at radius 1 is 1.17 bits per heavy atom.